The second-order valence-electron chi connectivity index (χ2n) is 10.1. The van der Waals surface area contributed by atoms with Crippen molar-refractivity contribution in [3.8, 4) is 5.88 Å². The Kier molecular flexibility index (Phi) is 6.68. The molecule has 2 aliphatic heterocycles. The highest BCUT2D eigenvalue weighted by Crippen LogP contribution is 2.35. The summed E-state index contributed by atoms with van der Waals surface area (Å²) < 4.78 is 40.9. The van der Waals surface area contributed by atoms with Crippen molar-refractivity contribution in [2.75, 3.05) is 6.26 Å². The van der Waals surface area contributed by atoms with Crippen LogP contribution in [0.4, 0.5) is 4.79 Å². The topological polar surface area (TPSA) is 108 Å². The van der Waals surface area contributed by atoms with Crippen molar-refractivity contribution >= 4 is 15.9 Å². The molecule has 1 aromatic rings. The van der Waals surface area contributed by atoms with E-state index in [4.69, 9.17) is 14.2 Å². The number of fused-ring (bicyclic) bond motifs is 2. The molecule has 2 fully saturated rings. The molecule has 3 aliphatic rings. The maximum absolute atomic E-state index is 12.6. The van der Waals surface area contributed by atoms with E-state index in [1.54, 1.807) is 0 Å². The van der Waals surface area contributed by atoms with Crippen LogP contribution >= 0.6 is 0 Å². The Labute approximate surface area is 195 Å². The fraction of sp³-hybridized carbons (Fsp3) is 0.696. The zero-order chi connectivity index (χ0) is 23.8. The van der Waals surface area contributed by atoms with Gasteiger partial charge in [0.1, 0.15) is 11.7 Å². The van der Waals surface area contributed by atoms with E-state index in [1.807, 2.05) is 25.7 Å². The van der Waals surface area contributed by atoms with Gasteiger partial charge in [0.25, 0.3) is 0 Å². The van der Waals surface area contributed by atoms with Crippen LogP contribution in [0.3, 0.4) is 0 Å². The molecule has 1 amide bonds. The average molecular weight is 480 g/mol. The monoisotopic (exact) mass is 479 g/mol. The van der Waals surface area contributed by atoms with Crippen molar-refractivity contribution < 1.29 is 27.4 Å². The van der Waals surface area contributed by atoms with Crippen LogP contribution in [0, 0.1) is 0 Å². The van der Waals surface area contributed by atoms with Gasteiger partial charge in [0, 0.05) is 6.26 Å². The van der Waals surface area contributed by atoms with Crippen LogP contribution in [0.5, 0.6) is 5.88 Å². The summed E-state index contributed by atoms with van der Waals surface area (Å²) in [4.78, 5) is 22.4. The minimum absolute atomic E-state index is 0.00935. The lowest BCUT2D eigenvalue weighted by atomic mass is 9.93. The van der Waals surface area contributed by atoms with Crippen molar-refractivity contribution in [3.63, 3.8) is 0 Å². The van der Waals surface area contributed by atoms with Crippen LogP contribution in [0.25, 0.3) is 0 Å². The predicted octanol–water partition coefficient (Wildman–Crippen LogP) is 3.29. The fourth-order valence-corrected chi connectivity index (χ4v) is 5.18. The summed E-state index contributed by atoms with van der Waals surface area (Å²) in [5.74, 6) is 0.337. The molecule has 0 N–H and O–H groups in total. The Morgan fingerprint density at radius 1 is 0.970 bits per heavy atom. The first-order valence-corrected chi connectivity index (χ1v) is 13.4. The van der Waals surface area contributed by atoms with E-state index in [1.165, 1.54) is 12.4 Å². The van der Waals surface area contributed by atoms with Crippen LogP contribution in [-0.4, -0.2) is 71.6 Å². The Morgan fingerprint density at radius 3 is 2.09 bits per heavy atom. The third kappa shape index (κ3) is 6.03. The number of carbonyl (C=O) groups excluding carboxylic acids is 1. The fourth-order valence-electron chi connectivity index (χ4n) is 4.69. The highest BCUT2D eigenvalue weighted by molar-refractivity contribution is 7.90. The molecule has 3 atom stereocenters. The molecule has 0 radical (unpaired) electrons. The van der Waals surface area contributed by atoms with Gasteiger partial charge < -0.3 is 14.2 Å². The average Bonchev–Trinajstić information content (AvgIpc) is 2.99. The molecule has 1 saturated heterocycles. The quantitative estimate of drug-likeness (QED) is 0.592. The van der Waals surface area contributed by atoms with E-state index in [0.717, 1.165) is 44.8 Å². The van der Waals surface area contributed by atoms with Crippen molar-refractivity contribution in [3.05, 3.63) is 24.5 Å². The number of ether oxygens (including phenoxy) is 3. The standard InChI is InChI=1S/C23H33N3O6S/c1-23(2,3)32-22(27)26-15-5-6-16(26)12-19(11-15)30-17-7-9-18(10-8-17)31-20-13-25-21(14-24-20)33(4,28)29/h5-6,13-19H,7-12H2,1-4H3/t15-,16+,17?,18?,19?. The normalized spacial score (nSPS) is 29.7. The van der Waals surface area contributed by atoms with Crippen LogP contribution < -0.4 is 4.74 Å². The van der Waals surface area contributed by atoms with Gasteiger partial charge in [0.15, 0.2) is 14.9 Å². The molecule has 10 heteroatoms. The van der Waals surface area contributed by atoms with Crippen LogP contribution in [0.15, 0.2) is 29.6 Å². The van der Waals surface area contributed by atoms with Crippen molar-refractivity contribution in [2.24, 2.45) is 0 Å². The zero-order valence-corrected chi connectivity index (χ0v) is 20.5. The number of carbonyl (C=O) groups is 1. The molecule has 0 aromatic carbocycles. The molecule has 1 aromatic heterocycles. The van der Waals surface area contributed by atoms with E-state index in [-0.39, 0.29) is 41.5 Å². The number of amides is 1. The molecule has 4 rings (SSSR count). The lowest BCUT2D eigenvalue weighted by Crippen LogP contribution is -2.51. The predicted molar refractivity (Wildman–Crippen MR) is 121 cm³/mol. The van der Waals surface area contributed by atoms with Crippen molar-refractivity contribution in [2.45, 2.75) is 100 Å². The number of aromatic nitrogens is 2. The molecule has 0 spiro atoms. The van der Waals surface area contributed by atoms with Gasteiger partial charge in [0.05, 0.1) is 36.7 Å². The second-order valence-corrected chi connectivity index (χ2v) is 12.1. The lowest BCUT2D eigenvalue weighted by Gasteiger charge is -2.41. The molecule has 1 aliphatic carbocycles. The molecule has 33 heavy (non-hydrogen) atoms. The van der Waals surface area contributed by atoms with E-state index < -0.39 is 15.4 Å². The first kappa shape index (κ1) is 23.9. The second kappa shape index (κ2) is 9.21. The minimum atomic E-state index is -3.37. The first-order valence-electron chi connectivity index (χ1n) is 11.5. The first-order chi connectivity index (χ1) is 15.5. The highest BCUT2D eigenvalue weighted by Gasteiger charge is 2.43. The number of hydrogen-bond acceptors (Lipinski definition) is 8. The number of rotatable bonds is 5. The molecule has 3 heterocycles. The maximum atomic E-state index is 12.6. The summed E-state index contributed by atoms with van der Waals surface area (Å²) >= 11 is 0. The maximum Gasteiger partial charge on any atom is 0.411 e. The van der Waals surface area contributed by atoms with Gasteiger partial charge in [-0.05, 0) is 59.3 Å². The van der Waals surface area contributed by atoms with Gasteiger partial charge in [-0.15, -0.1) is 0 Å². The summed E-state index contributed by atoms with van der Waals surface area (Å²) in [6, 6.07) is 0.0495. The number of nitrogens with zero attached hydrogens (tertiary/aromatic N) is 3. The molecule has 9 nitrogen and oxygen atoms in total. The Balaban J connectivity index is 1.23. The molecular formula is C23H33N3O6S. The highest BCUT2D eigenvalue weighted by atomic mass is 32.2. The summed E-state index contributed by atoms with van der Waals surface area (Å²) in [7, 11) is -3.37. The number of sulfone groups is 1. The Bertz CT molecular complexity index is 964. The number of hydrogen-bond donors (Lipinski definition) is 0. The summed E-state index contributed by atoms with van der Waals surface area (Å²) in [6.07, 6.45) is 12.9. The van der Waals surface area contributed by atoms with Gasteiger partial charge >= 0.3 is 6.09 Å². The summed E-state index contributed by atoms with van der Waals surface area (Å²) in [5, 5.41) is -0.0619. The van der Waals surface area contributed by atoms with Gasteiger partial charge in [-0.3, -0.25) is 4.90 Å². The van der Waals surface area contributed by atoms with E-state index in [2.05, 4.69) is 22.1 Å². The summed E-state index contributed by atoms with van der Waals surface area (Å²) in [5.41, 5.74) is -0.508. The van der Waals surface area contributed by atoms with Crippen LogP contribution in [0.2, 0.25) is 0 Å². The summed E-state index contributed by atoms with van der Waals surface area (Å²) in [6.45, 7) is 5.65. The molecular weight excluding hydrogens is 446 g/mol. The largest absolute Gasteiger partial charge is 0.473 e. The Morgan fingerprint density at radius 2 is 1.58 bits per heavy atom. The Hall–Kier alpha value is -2.20. The van der Waals surface area contributed by atoms with Crippen LogP contribution in [-0.2, 0) is 19.3 Å². The van der Waals surface area contributed by atoms with Crippen molar-refractivity contribution in [1.82, 2.24) is 14.9 Å². The van der Waals surface area contributed by atoms with Gasteiger partial charge in [-0.1, -0.05) is 12.2 Å². The number of piperidine rings is 1. The third-order valence-electron chi connectivity index (χ3n) is 6.16. The van der Waals surface area contributed by atoms with Gasteiger partial charge in [-0.2, -0.15) is 0 Å². The minimum Gasteiger partial charge on any atom is -0.473 e. The van der Waals surface area contributed by atoms with Gasteiger partial charge in [0.2, 0.25) is 5.88 Å². The smallest absolute Gasteiger partial charge is 0.411 e. The molecule has 1 unspecified atom stereocenters. The van der Waals surface area contributed by atoms with E-state index in [0.29, 0.717) is 5.88 Å². The van der Waals surface area contributed by atoms with Crippen molar-refractivity contribution in [1.29, 1.82) is 0 Å². The van der Waals surface area contributed by atoms with E-state index >= 15 is 0 Å². The van der Waals surface area contributed by atoms with E-state index in [9.17, 15) is 13.2 Å². The SMILES string of the molecule is CC(C)(C)OC(=O)N1[C@@H]2C=C[C@H]1CC(OC1CCC(Oc3cnc(S(C)(=O)=O)cn3)CC1)C2. The third-order valence-corrected chi connectivity index (χ3v) is 7.13. The molecule has 2 bridgehead atoms. The lowest BCUT2D eigenvalue weighted by molar-refractivity contribution is -0.0788. The molecule has 1 saturated carbocycles. The van der Waals surface area contributed by atoms with Gasteiger partial charge in [-0.25, -0.2) is 23.2 Å². The zero-order valence-electron chi connectivity index (χ0n) is 19.6. The molecule has 182 valence electrons. The van der Waals surface area contributed by atoms with Crippen LogP contribution in [0.1, 0.15) is 59.3 Å².